The number of carbonyl (C=O) groups excluding carboxylic acids is 1. The second-order valence-electron chi connectivity index (χ2n) is 5.26. The third kappa shape index (κ3) is 3.04. The fourth-order valence-electron chi connectivity index (χ4n) is 2.64. The first kappa shape index (κ1) is 13.8. The summed E-state index contributed by atoms with van der Waals surface area (Å²) in [6.45, 7) is 4.16. The number of aromatic nitrogens is 1. The van der Waals surface area contributed by atoms with E-state index < -0.39 is 6.10 Å². The lowest BCUT2D eigenvalue weighted by molar-refractivity contribution is 0.0680. The maximum Gasteiger partial charge on any atom is 0.260 e. The molecule has 0 aliphatic carbocycles. The lowest BCUT2D eigenvalue weighted by Gasteiger charge is -2.25. The predicted octanol–water partition coefficient (Wildman–Crippen LogP) is 1.06. The summed E-state index contributed by atoms with van der Waals surface area (Å²) >= 11 is 0. The Labute approximate surface area is 112 Å². The number of hydrogen-bond acceptors (Lipinski definition) is 3. The van der Waals surface area contributed by atoms with Crippen LogP contribution in [0.3, 0.4) is 0 Å². The number of nitrogens with zero attached hydrogens (tertiary/aromatic N) is 1. The van der Waals surface area contributed by atoms with Crippen LogP contribution in [-0.2, 0) is 0 Å². The van der Waals surface area contributed by atoms with Gasteiger partial charge in [-0.05, 0) is 45.2 Å². The molecule has 19 heavy (non-hydrogen) atoms. The van der Waals surface area contributed by atoms with Crippen LogP contribution in [0.2, 0.25) is 0 Å². The maximum absolute atomic E-state index is 12.4. The monoisotopic (exact) mass is 264 g/mol. The number of likely N-dealkylation sites (tertiary alicyclic amines) is 1. The highest BCUT2D eigenvalue weighted by Crippen LogP contribution is 2.22. The Morgan fingerprint density at radius 2 is 2.32 bits per heavy atom. The number of amides is 1. The second-order valence-corrected chi connectivity index (χ2v) is 5.26. The van der Waals surface area contributed by atoms with Gasteiger partial charge in [0, 0.05) is 18.3 Å². The Balaban J connectivity index is 2.21. The van der Waals surface area contributed by atoms with Crippen LogP contribution >= 0.6 is 0 Å². The molecule has 1 aromatic heterocycles. The first-order valence-corrected chi connectivity index (χ1v) is 6.68. The highest BCUT2D eigenvalue weighted by atomic mass is 16.3. The number of H-pyrrole nitrogens is 1. The van der Waals surface area contributed by atoms with Gasteiger partial charge in [0.15, 0.2) is 0 Å². The van der Waals surface area contributed by atoms with E-state index in [4.69, 9.17) is 0 Å². The molecule has 2 atom stereocenters. The van der Waals surface area contributed by atoms with Gasteiger partial charge in [0.1, 0.15) is 5.56 Å². The summed E-state index contributed by atoms with van der Waals surface area (Å²) in [6, 6.07) is 3.34. The van der Waals surface area contributed by atoms with Gasteiger partial charge in [0.25, 0.3) is 11.5 Å². The molecular weight excluding hydrogens is 244 g/mol. The molecule has 2 unspecified atom stereocenters. The molecule has 5 nitrogen and oxygen atoms in total. The van der Waals surface area contributed by atoms with Gasteiger partial charge in [-0.3, -0.25) is 9.59 Å². The molecule has 1 fully saturated rings. The number of aliphatic hydroxyl groups is 1. The van der Waals surface area contributed by atoms with Crippen LogP contribution in [0, 0.1) is 6.92 Å². The molecule has 1 aliphatic rings. The quantitative estimate of drug-likeness (QED) is 0.857. The van der Waals surface area contributed by atoms with Gasteiger partial charge in [0.2, 0.25) is 0 Å². The third-order valence-electron chi connectivity index (χ3n) is 3.54. The first-order chi connectivity index (χ1) is 8.99. The zero-order chi connectivity index (χ0) is 14.0. The topological polar surface area (TPSA) is 73.4 Å². The molecule has 104 valence electrons. The van der Waals surface area contributed by atoms with E-state index in [2.05, 4.69) is 4.98 Å². The van der Waals surface area contributed by atoms with Gasteiger partial charge in [-0.25, -0.2) is 0 Å². The number of aryl methyl sites for hydroxylation is 1. The van der Waals surface area contributed by atoms with E-state index in [1.54, 1.807) is 30.9 Å². The normalized spacial score (nSPS) is 20.6. The molecule has 0 aromatic carbocycles. The third-order valence-corrected chi connectivity index (χ3v) is 3.54. The molecule has 0 spiro atoms. The van der Waals surface area contributed by atoms with Gasteiger partial charge < -0.3 is 15.0 Å². The zero-order valence-corrected chi connectivity index (χ0v) is 11.3. The van der Waals surface area contributed by atoms with E-state index in [0.29, 0.717) is 13.0 Å². The standard InChI is InChI=1S/C14H20N2O3/c1-9-5-6-12(13(18)15-9)14(19)16-7-3-4-11(16)8-10(2)17/h5-6,10-11,17H,3-4,7-8H2,1-2H3,(H,15,18). The van der Waals surface area contributed by atoms with Crippen molar-refractivity contribution in [3.63, 3.8) is 0 Å². The molecule has 1 amide bonds. The van der Waals surface area contributed by atoms with Gasteiger partial charge >= 0.3 is 0 Å². The van der Waals surface area contributed by atoms with Crippen molar-refractivity contribution in [2.24, 2.45) is 0 Å². The van der Waals surface area contributed by atoms with Crippen molar-refractivity contribution >= 4 is 5.91 Å². The van der Waals surface area contributed by atoms with Crippen molar-refractivity contribution < 1.29 is 9.90 Å². The molecule has 2 rings (SSSR count). The van der Waals surface area contributed by atoms with Gasteiger partial charge in [-0.2, -0.15) is 0 Å². The Morgan fingerprint density at radius 3 is 2.95 bits per heavy atom. The van der Waals surface area contributed by atoms with Crippen LogP contribution in [0.1, 0.15) is 42.2 Å². The maximum atomic E-state index is 12.4. The predicted molar refractivity (Wildman–Crippen MR) is 72.2 cm³/mol. The van der Waals surface area contributed by atoms with E-state index in [1.165, 1.54) is 0 Å². The minimum Gasteiger partial charge on any atom is -0.393 e. The smallest absolute Gasteiger partial charge is 0.260 e. The lowest BCUT2D eigenvalue weighted by Crippen LogP contribution is -2.39. The molecule has 2 N–H and O–H groups in total. The summed E-state index contributed by atoms with van der Waals surface area (Å²) in [6.07, 6.45) is 1.94. The summed E-state index contributed by atoms with van der Waals surface area (Å²) in [5.41, 5.74) is 0.583. The largest absolute Gasteiger partial charge is 0.393 e. The molecule has 1 aromatic rings. The Kier molecular flexibility index (Phi) is 4.04. The first-order valence-electron chi connectivity index (χ1n) is 6.68. The van der Waals surface area contributed by atoms with Crippen LogP contribution in [0.15, 0.2) is 16.9 Å². The van der Waals surface area contributed by atoms with E-state index >= 15 is 0 Å². The average Bonchev–Trinajstić information content (AvgIpc) is 2.75. The number of nitrogens with one attached hydrogen (secondary N) is 1. The zero-order valence-electron chi connectivity index (χ0n) is 11.3. The molecule has 0 bridgehead atoms. The van der Waals surface area contributed by atoms with Crippen LogP contribution in [-0.4, -0.2) is 39.6 Å². The number of hydrogen-bond donors (Lipinski definition) is 2. The van der Waals surface area contributed by atoms with Crippen molar-refractivity contribution in [3.8, 4) is 0 Å². The van der Waals surface area contributed by atoms with Crippen molar-refractivity contribution in [2.45, 2.75) is 45.3 Å². The van der Waals surface area contributed by atoms with Crippen LogP contribution in [0.25, 0.3) is 0 Å². The molecule has 5 heteroatoms. The van der Waals surface area contributed by atoms with Crippen molar-refractivity contribution in [2.75, 3.05) is 6.54 Å². The molecule has 1 aliphatic heterocycles. The molecule has 1 saturated heterocycles. The van der Waals surface area contributed by atoms with Gasteiger partial charge in [-0.1, -0.05) is 0 Å². The Morgan fingerprint density at radius 1 is 1.58 bits per heavy atom. The number of carbonyl (C=O) groups is 1. The fourth-order valence-corrected chi connectivity index (χ4v) is 2.64. The summed E-state index contributed by atoms with van der Waals surface area (Å²) in [7, 11) is 0. The SMILES string of the molecule is Cc1ccc(C(=O)N2CCCC2CC(C)O)c(=O)[nH]1. The highest BCUT2D eigenvalue weighted by molar-refractivity contribution is 5.94. The summed E-state index contributed by atoms with van der Waals surface area (Å²) < 4.78 is 0. The fraction of sp³-hybridized carbons (Fsp3) is 0.571. The van der Waals surface area contributed by atoms with E-state index in [1.807, 2.05) is 0 Å². The average molecular weight is 264 g/mol. The highest BCUT2D eigenvalue weighted by Gasteiger charge is 2.31. The molecule has 2 heterocycles. The van der Waals surface area contributed by atoms with Crippen molar-refractivity contribution in [1.82, 2.24) is 9.88 Å². The number of rotatable bonds is 3. The van der Waals surface area contributed by atoms with E-state index in [9.17, 15) is 14.7 Å². The van der Waals surface area contributed by atoms with Gasteiger partial charge in [-0.15, -0.1) is 0 Å². The number of aliphatic hydroxyl groups excluding tert-OH is 1. The molecular formula is C14H20N2O3. The van der Waals surface area contributed by atoms with Gasteiger partial charge in [0.05, 0.1) is 6.10 Å². The van der Waals surface area contributed by atoms with Crippen LogP contribution < -0.4 is 5.56 Å². The summed E-state index contributed by atoms with van der Waals surface area (Å²) in [5.74, 6) is -0.232. The minimum atomic E-state index is -0.435. The summed E-state index contributed by atoms with van der Waals surface area (Å²) in [4.78, 5) is 28.6. The minimum absolute atomic E-state index is 0.0354. The number of pyridine rings is 1. The van der Waals surface area contributed by atoms with Crippen LogP contribution in [0.4, 0.5) is 0 Å². The number of aromatic amines is 1. The van der Waals surface area contributed by atoms with Crippen molar-refractivity contribution in [3.05, 3.63) is 33.7 Å². The molecule has 0 saturated carbocycles. The molecule has 0 radical (unpaired) electrons. The second kappa shape index (κ2) is 5.57. The van der Waals surface area contributed by atoms with Crippen LogP contribution in [0.5, 0.6) is 0 Å². The van der Waals surface area contributed by atoms with E-state index in [0.717, 1.165) is 18.5 Å². The Bertz CT molecular complexity index is 522. The summed E-state index contributed by atoms with van der Waals surface area (Å²) in [5, 5.41) is 9.47. The van der Waals surface area contributed by atoms with Crippen molar-refractivity contribution in [1.29, 1.82) is 0 Å². The van der Waals surface area contributed by atoms with E-state index in [-0.39, 0.29) is 23.1 Å². The Hall–Kier alpha value is -1.62. The lowest BCUT2D eigenvalue weighted by atomic mass is 10.1.